The molecule has 0 radical (unpaired) electrons. The predicted molar refractivity (Wildman–Crippen MR) is 205 cm³/mol. The molecule has 0 saturated carbocycles. The Kier molecular flexibility index (Phi) is 14.5. The zero-order chi connectivity index (χ0) is 39.2. The van der Waals surface area contributed by atoms with E-state index >= 15 is 0 Å². The Labute approximate surface area is 313 Å². The zero-order valence-electron chi connectivity index (χ0n) is 30.2. The number of carbonyl (C=O) groups excluding carboxylic acids is 5. The molecular formula is C37H49N11O6. The first-order chi connectivity index (χ1) is 25.8. The summed E-state index contributed by atoms with van der Waals surface area (Å²) in [6.45, 7) is -0.183. The van der Waals surface area contributed by atoms with E-state index in [1.807, 2.05) is 42.5 Å². The normalized spacial score (nSPS) is 20.1. The molecule has 4 atom stereocenters. The molecule has 1 heterocycles. The van der Waals surface area contributed by atoms with E-state index in [-0.39, 0.29) is 62.9 Å². The lowest BCUT2D eigenvalue weighted by atomic mass is 10.00. The van der Waals surface area contributed by atoms with Crippen molar-refractivity contribution in [2.24, 2.45) is 32.9 Å². The number of likely N-dealkylation sites (N-methyl/N-ethyl adjacent to an activating group) is 1. The summed E-state index contributed by atoms with van der Waals surface area (Å²) < 4.78 is 0. The Hall–Kier alpha value is -6.39. The van der Waals surface area contributed by atoms with Gasteiger partial charge in [-0.25, -0.2) is 0 Å². The number of fused-ring (bicyclic) bond motifs is 1. The first kappa shape index (κ1) is 40.4. The average Bonchev–Trinajstić information content (AvgIpc) is 3.14. The molecule has 1 aliphatic rings. The lowest BCUT2D eigenvalue weighted by molar-refractivity contribution is -0.143. The Morgan fingerprint density at radius 3 is 1.94 bits per heavy atom. The van der Waals surface area contributed by atoms with Gasteiger partial charge in [-0.05, 0) is 59.7 Å². The molecule has 17 heteroatoms. The number of phenolic OH excluding ortho intramolecular Hbond substituents is 1. The lowest BCUT2D eigenvalue weighted by Gasteiger charge is -2.32. The lowest BCUT2D eigenvalue weighted by Crippen LogP contribution is -2.58. The van der Waals surface area contributed by atoms with Gasteiger partial charge in [-0.15, -0.1) is 0 Å². The summed E-state index contributed by atoms with van der Waals surface area (Å²) in [5.41, 5.74) is 23.3. The van der Waals surface area contributed by atoms with Gasteiger partial charge in [-0.2, -0.15) is 0 Å². The third-order valence-corrected chi connectivity index (χ3v) is 8.95. The maximum absolute atomic E-state index is 14.3. The molecule has 13 N–H and O–H groups in total. The van der Waals surface area contributed by atoms with Crippen LogP contribution in [-0.2, 0) is 36.8 Å². The van der Waals surface area contributed by atoms with Crippen LogP contribution in [0.2, 0.25) is 0 Å². The molecule has 5 amide bonds. The van der Waals surface area contributed by atoms with E-state index in [1.165, 1.54) is 24.1 Å². The van der Waals surface area contributed by atoms with Crippen molar-refractivity contribution in [2.45, 2.75) is 62.7 Å². The summed E-state index contributed by atoms with van der Waals surface area (Å²) in [6.07, 6.45) is 0.828. The number of aromatic hydroxyl groups is 1. The summed E-state index contributed by atoms with van der Waals surface area (Å²) in [4.78, 5) is 78.5. The summed E-state index contributed by atoms with van der Waals surface area (Å²) in [5.74, 6) is -3.51. The first-order valence-electron chi connectivity index (χ1n) is 17.6. The molecule has 0 aliphatic carbocycles. The second-order valence-corrected chi connectivity index (χ2v) is 13.1. The van der Waals surface area contributed by atoms with Gasteiger partial charge in [0.1, 0.15) is 29.9 Å². The molecule has 1 saturated heterocycles. The monoisotopic (exact) mass is 743 g/mol. The van der Waals surface area contributed by atoms with Crippen LogP contribution in [-0.4, -0.2) is 102 Å². The average molecular weight is 744 g/mol. The number of nitrogens with one attached hydrogen (secondary N) is 4. The highest BCUT2D eigenvalue weighted by Crippen LogP contribution is 2.18. The number of amides is 5. The second kappa shape index (κ2) is 19.4. The van der Waals surface area contributed by atoms with E-state index in [2.05, 4.69) is 31.3 Å². The van der Waals surface area contributed by atoms with E-state index in [9.17, 15) is 29.1 Å². The number of hydrogen-bond donors (Lipinski definition) is 9. The molecule has 17 nitrogen and oxygen atoms in total. The van der Waals surface area contributed by atoms with Crippen molar-refractivity contribution >= 4 is 52.2 Å². The van der Waals surface area contributed by atoms with Gasteiger partial charge in [0.05, 0.1) is 6.54 Å². The van der Waals surface area contributed by atoms with Crippen LogP contribution >= 0.6 is 0 Å². The van der Waals surface area contributed by atoms with Crippen molar-refractivity contribution in [3.63, 3.8) is 0 Å². The molecule has 0 aromatic heterocycles. The Bertz CT molecular complexity index is 1860. The Morgan fingerprint density at radius 2 is 1.28 bits per heavy atom. The largest absolute Gasteiger partial charge is 0.508 e. The summed E-state index contributed by atoms with van der Waals surface area (Å²) in [7, 11) is 1.43. The van der Waals surface area contributed by atoms with E-state index in [4.69, 9.17) is 22.9 Å². The van der Waals surface area contributed by atoms with Crippen LogP contribution in [0, 0.1) is 0 Å². The molecule has 4 rings (SSSR count). The number of benzene rings is 3. The van der Waals surface area contributed by atoms with Crippen molar-refractivity contribution < 1.29 is 29.1 Å². The van der Waals surface area contributed by atoms with Gasteiger partial charge in [0.2, 0.25) is 29.5 Å². The number of rotatable bonds is 12. The molecule has 288 valence electrons. The van der Waals surface area contributed by atoms with E-state index in [1.54, 1.807) is 12.1 Å². The molecule has 0 spiro atoms. The van der Waals surface area contributed by atoms with Crippen LogP contribution in [0.15, 0.2) is 76.7 Å². The van der Waals surface area contributed by atoms with Crippen LogP contribution in [0.5, 0.6) is 5.75 Å². The van der Waals surface area contributed by atoms with Gasteiger partial charge in [-0.1, -0.05) is 54.6 Å². The fraction of sp³-hybridized carbons (Fsp3) is 0.378. The first-order valence-corrected chi connectivity index (χ1v) is 17.6. The molecule has 3 aromatic rings. The number of carbonyl (C=O) groups is 5. The highest BCUT2D eigenvalue weighted by molar-refractivity contribution is 5.97. The summed E-state index contributed by atoms with van der Waals surface area (Å²) in [5, 5.41) is 22.6. The molecule has 3 aromatic carbocycles. The van der Waals surface area contributed by atoms with E-state index < -0.39 is 60.2 Å². The molecule has 1 fully saturated rings. The molecular weight excluding hydrogens is 694 g/mol. The standard InChI is InChI=1S/C37H49N11O6/c1-48-30(9-5-17-43-37(40)41)34(53)47-28(19-22-11-14-26(49)15-12-22)32(51)44-21-31(50)45-29(20-23-10-13-24-6-2-3-7-25(24)18-23)33(52)46-27(35(48)54)8-4-16-42-36(38)39/h2-3,6-7,10-15,18,27-30,49H,4-5,8-9,16-17,19-21H2,1H3,(H,44,51)(H,45,50)(H,46,52)(H,47,53)(H4,38,39,42)(H4,40,41,43)/t27-,28+,29-,30+/m0/s1. The molecule has 0 unspecified atom stereocenters. The van der Waals surface area contributed by atoms with Crippen LogP contribution < -0.4 is 44.2 Å². The topological polar surface area (TPSA) is 286 Å². The number of phenols is 1. The van der Waals surface area contributed by atoms with Gasteiger partial charge in [0.15, 0.2) is 11.9 Å². The number of aliphatic imine (C=N–C) groups is 2. The molecule has 0 bridgehead atoms. The third-order valence-electron chi connectivity index (χ3n) is 8.95. The highest BCUT2D eigenvalue weighted by atomic mass is 16.3. The minimum Gasteiger partial charge on any atom is -0.508 e. The second-order valence-electron chi connectivity index (χ2n) is 13.1. The minimum atomic E-state index is -1.19. The fourth-order valence-electron chi connectivity index (χ4n) is 6.12. The van der Waals surface area contributed by atoms with E-state index in [0.29, 0.717) is 12.0 Å². The van der Waals surface area contributed by atoms with Gasteiger partial charge in [0.25, 0.3) is 0 Å². The number of guanidine groups is 2. The zero-order valence-corrected chi connectivity index (χ0v) is 30.2. The molecule has 1 aliphatic heterocycles. The Morgan fingerprint density at radius 1 is 0.704 bits per heavy atom. The van der Waals surface area contributed by atoms with Crippen LogP contribution in [0.1, 0.15) is 36.8 Å². The maximum atomic E-state index is 14.3. The van der Waals surface area contributed by atoms with Gasteiger partial charge < -0.3 is 54.2 Å². The van der Waals surface area contributed by atoms with Crippen LogP contribution in [0.25, 0.3) is 10.8 Å². The summed E-state index contributed by atoms with van der Waals surface area (Å²) in [6, 6.07) is 14.8. The fourth-order valence-corrected chi connectivity index (χ4v) is 6.12. The van der Waals surface area contributed by atoms with Gasteiger partial charge in [0, 0.05) is 33.0 Å². The smallest absolute Gasteiger partial charge is 0.245 e. The number of nitrogens with zero attached hydrogens (tertiary/aromatic N) is 3. The van der Waals surface area contributed by atoms with E-state index in [0.717, 1.165) is 16.3 Å². The number of nitrogens with two attached hydrogens (primary N) is 4. The van der Waals surface area contributed by atoms with Crippen molar-refractivity contribution in [3.8, 4) is 5.75 Å². The van der Waals surface area contributed by atoms with Crippen LogP contribution in [0.3, 0.4) is 0 Å². The highest BCUT2D eigenvalue weighted by Gasteiger charge is 2.35. The minimum absolute atomic E-state index is 0.00407. The number of hydrogen-bond acceptors (Lipinski definition) is 8. The van der Waals surface area contributed by atoms with Gasteiger partial charge in [-0.3, -0.25) is 34.0 Å². The summed E-state index contributed by atoms with van der Waals surface area (Å²) >= 11 is 0. The SMILES string of the molecule is CN1C(=O)[C@H](CCCN=C(N)N)NC(=O)[C@H](Cc2ccc3ccccc3c2)NC(=O)CNC(=O)[C@@H](Cc2ccc(O)cc2)NC(=O)[C@H]1CCCN=C(N)N. The van der Waals surface area contributed by atoms with Crippen molar-refractivity contribution in [2.75, 3.05) is 26.7 Å². The van der Waals surface area contributed by atoms with Crippen molar-refractivity contribution in [3.05, 3.63) is 77.9 Å². The van der Waals surface area contributed by atoms with Crippen molar-refractivity contribution in [1.82, 2.24) is 26.2 Å². The predicted octanol–water partition coefficient (Wildman–Crippen LogP) is -1.15. The van der Waals surface area contributed by atoms with Crippen molar-refractivity contribution in [1.29, 1.82) is 0 Å². The molecule has 54 heavy (non-hydrogen) atoms. The third kappa shape index (κ3) is 12.1. The van der Waals surface area contributed by atoms with Gasteiger partial charge >= 0.3 is 0 Å². The quantitative estimate of drug-likeness (QED) is 0.0610. The Balaban J connectivity index is 1.71. The van der Waals surface area contributed by atoms with Crippen LogP contribution in [0.4, 0.5) is 0 Å². The maximum Gasteiger partial charge on any atom is 0.245 e.